The number of hydrogen-bond acceptors (Lipinski definition) is 2. The Bertz CT molecular complexity index is 662. The Morgan fingerprint density at radius 2 is 1.57 bits per heavy atom. The Kier molecular flexibility index (Phi) is 5.19. The van der Waals surface area contributed by atoms with Gasteiger partial charge in [-0.1, -0.05) is 5.92 Å². The molecule has 1 aromatic carbocycles. The third kappa shape index (κ3) is 3.60. The smallest absolute Gasteiger partial charge is 0.314 e. The van der Waals surface area contributed by atoms with E-state index in [0.29, 0.717) is 12.8 Å². The lowest BCUT2D eigenvalue weighted by Gasteiger charge is -2.17. The molecular weight excluding hydrogens is 326 g/mol. The Labute approximate surface area is 127 Å². The minimum Gasteiger partial charge on any atom is -0.420 e. The Balaban J connectivity index is 2.25. The van der Waals surface area contributed by atoms with Gasteiger partial charge in [0.2, 0.25) is 34.8 Å². The molecule has 2 nitrogen and oxygen atoms in total. The van der Waals surface area contributed by atoms with Crippen LogP contribution in [0.15, 0.2) is 0 Å². The third-order valence-corrected chi connectivity index (χ3v) is 3.31. The number of ether oxygens (including phenoxy) is 1. The number of halogens is 6. The maximum absolute atomic E-state index is 13.5. The summed E-state index contributed by atoms with van der Waals surface area (Å²) in [6.07, 6.45) is -1.14. The van der Waals surface area contributed by atoms with Gasteiger partial charge in [0.25, 0.3) is 0 Å². The Hall–Kier alpha value is -2.17. The first-order valence-corrected chi connectivity index (χ1v) is 6.68. The van der Waals surface area contributed by atoms with Gasteiger partial charge in [-0.2, -0.15) is 8.78 Å². The summed E-state index contributed by atoms with van der Waals surface area (Å²) in [6, 6.07) is 0. The summed E-state index contributed by atoms with van der Waals surface area (Å²) in [5, 5.41) is 0. The molecule has 0 fully saturated rings. The van der Waals surface area contributed by atoms with Crippen LogP contribution in [0.2, 0.25) is 0 Å². The van der Waals surface area contributed by atoms with Gasteiger partial charge >= 0.3 is 5.97 Å². The molecule has 0 spiro atoms. The van der Waals surface area contributed by atoms with Crippen molar-refractivity contribution in [3.63, 3.8) is 0 Å². The molecule has 2 unspecified atom stereocenters. The van der Waals surface area contributed by atoms with Crippen molar-refractivity contribution >= 4 is 5.97 Å². The minimum atomic E-state index is -2.36. The van der Waals surface area contributed by atoms with Crippen LogP contribution >= 0.6 is 0 Å². The van der Waals surface area contributed by atoms with E-state index >= 15 is 0 Å². The monoisotopic (exact) mass is 336 g/mol. The van der Waals surface area contributed by atoms with Gasteiger partial charge in [-0.05, 0) is 12.8 Å². The lowest BCUT2D eigenvalue weighted by Crippen LogP contribution is -2.25. The largest absolute Gasteiger partial charge is 0.420 e. The van der Waals surface area contributed by atoms with Crippen LogP contribution < -0.4 is 4.74 Å². The molecule has 0 amide bonds. The predicted molar refractivity (Wildman–Crippen MR) is 66.5 cm³/mol. The quantitative estimate of drug-likeness (QED) is 0.205. The fraction of sp³-hybridized carbons (Fsp3) is 0.400. The van der Waals surface area contributed by atoms with Crippen LogP contribution in [0.5, 0.6) is 5.75 Å². The van der Waals surface area contributed by atoms with Crippen LogP contribution in [0.1, 0.15) is 25.7 Å². The van der Waals surface area contributed by atoms with Crippen LogP contribution in [0, 0.1) is 46.8 Å². The average Bonchev–Trinajstić information content (AvgIpc) is 2.50. The fourth-order valence-electron chi connectivity index (χ4n) is 2.12. The molecule has 0 bridgehead atoms. The molecular formula is C15H10F6O2. The normalized spacial score (nSPS) is 21.0. The van der Waals surface area contributed by atoms with E-state index in [4.69, 9.17) is 0 Å². The highest BCUT2D eigenvalue weighted by atomic mass is 19.2. The lowest BCUT2D eigenvalue weighted by molar-refractivity contribution is -0.140. The molecule has 0 saturated carbocycles. The number of rotatable bonds is 2. The third-order valence-electron chi connectivity index (χ3n) is 3.31. The summed E-state index contributed by atoms with van der Waals surface area (Å²) in [5.41, 5.74) is 0. The molecule has 124 valence electrons. The molecule has 0 N–H and O–H groups in total. The molecule has 0 aromatic heterocycles. The number of carbonyl (C=O) groups is 1. The topological polar surface area (TPSA) is 26.3 Å². The number of benzene rings is 1. The zero-order chi connectivity index (χ0) is 17.1. The van der Waals surface area contributed by atoms with Crippen molar-refractivity contribution in [3.05, 3.63) is 29.1 Å². The Morgan fingerprint density at radius 1 is 1.00 bits per heavy atom. The van der Waals surface area contributed by atoms with Crippen molar-refractivity contribution in [2.75, 3.05) is 0 Å². The maximum Gasteiger partial charge on any atom is 0.314 e. The summed E-state index contributed by atoms with van der Waals surface area (Å²) in [5.74, 6) is -10.6. The van der Waals surface area contributed by atoms with E-state index in [1.807, 2.05) is 0 Å². The standard InChI is InChI=1S/C15H10F6O2/c16-8-5-3-1-2-4-7(6-8)15(22)23-14-12(20)10(18)9(17)11(19)13(14)21/h7-8H,1-2,4,6H2. The van der Waals surface area contributed by atoms with Gasteiger partial charge < -0.3 is 4.74 Å². The van der Waals surface area contributed by atoms with Gasteiger partial charge in [-0.3, -0.25) is 4.79 Å². The number of carbonyl (C=O) groups excluding carboxylic acids is 1. The van der Waals surface area contributed by atoms with Crippen LogP contribution in [0.3, 0.4) is 0 Å². The van der Waals surface area contributed by atoms with Crippen LogP contribution in [-0.4, -0.2) is 12.1 Å². The molecule has 23 heavy (non-hydrogen) atoms. The second kappa shape index (κ2) is 6.94. The van der Waals surface area contributed by atoms with Gasteiger partial charge in [0.15, 0.2) is 6.17 Å². The van der Waals surface area contributed by atoms with Crippen molar-refractivity contribution in [1.29, 1.82) is 0 Å². The molecule has 0 aliphatic heterocycles. The van der Waals surface area contributed by atoms with E-state index in [1.54, 1.807) is 0 Å². The SMILES string of the molecule is O=C(Oc1c(F)c(F)c(F)c(F)c1F)C1CCCC#CC(F)C1. The predicted octanol–water partition coefficient (Wildman–Crippen LogP) is 3.82. The average molecular weight is 336 g/mol. The molecule has 8 heteroatoms. The van der Waals surface area contributed by atoms with Gasteiger partial charge in [0.1, 0.15) is 0 Å². The minimum absolute atomic E-state index is 0.128. The van der Waals surface area contributed by atoms with Gasteiger partial charge in [-0.25, -0.2) is 17.6 Å². The van der Waals surface area contributed by atoms with Crippen molar-refractivity contribution in [2.24, 2.45) is 5.92 Å². The highest BCUT2D eigenvalue weighted by Gasteiger charge is 2.31. The van der Waals surface area contributed by atoms with Crippen molar-refractivity contribution in [3.8, 4) is 17.6 Å². The molecule has 1 aromatic rings. The van der Waals surface area contributed by atoms with Crippen molar-refractivity contribution in [1.82, 2.24) is 0 Å². The van der Waals surface area contributed by atoms with E-state index < -0.39 is 52.9 Å². The number of alkyl halides is 1. The first-order valence-electron chi connectivity index (χ1n) is 6.68. The number of esters is 1. The Morgan fingerprint density at radius 3 is 2.17 bits per heavy atom. The summed E-state index contributed by atoms with van der Waals surface area (Å²) < 4.78 is 83.7. The van der Waals surface area contributed by atoms with Crippen LogP contribution in [-0.2, 0) is 4.79 Å². The van der Waals surface area contributed by atoms with E-state index in [-0.39, 0.29) is 12.8 Å². The molecule has 2 rings (SSSR count). The molecule has 1 aliphatic rings. The van der Waals surface area contributed by atoms with Gasteiger partial charge in [0, 0.05) is 12.8 Å². The lowest BCUT2D eigenvalue weighted by atomic mass is 9.94. The fourth-order valence-corrected chi connectivity index (χ4v) is 2.12. The van der Waals surface area contributed by atoms with Crippen molar-refractivity contribution in [2.45, 2.75) is 31.9 Å². The first-order chi connectivity index (χ1) is 10.8. The zero-order valence-electron chi connectivity index (χ0n) is 11.6. The van der Waals surface area contributed by atoms with E-state index in [1.165, 1.54) is 0 Å². The van der Waals surface area contributed by atoms with Crippen LogP contribution in [0.4, 0.5) is 26.3 Å². The van der Waals surface area contributed by atoms with E-state index in [0.717, 1.165) is 0 Å². The van der Waals surface area contributed by atoms with E-state index in [9.17, 15) is 31.1 Å². The second-order valence-electron chi connectivity index (χ2n) is 4.93. The second-order valence-corrected chi connectivity index (χ2v) is 4.93. The summed E-state index contributed by atoms with van der Waals surface area (Å²) in [4.78, 5) is 11.9. The summed E-state index contributed by atoms with van der Waals surface area (Å²) >= 11 is 0. The highest BCUT2D eigenvalue weighted by Crippen LogP contribution is 2.30. The van der Waals surface area contributed by atoms with Crippen LogP contribution in [0.25, 0.3) is 0 Å². The molecule has 2 atom stereocenters. The summed E-state index contributed by atoms with van der Waals surface area (Å²) in [7, 11) is 0. The molecule has 1 aliphatic carbocycles. The van der Waals surface area contributed by atoms with Gasteiger partial charge in [0.05, 0.1) is 5.92 Å². The van der Waals surface area contributed by atoms with Gasteiger partial charge in [-0.15, -0.1) is 5.92 Å². The number of hydrogen-bond donors (Lipinski definition) is 0. The maximum atomic E-state index is 13.5. The zero-order valence-corrected chi connectivity index (χ0v) is 11.6. The molecule has 0 heterocycles. The molecule has 0 radical (unpaired) electrons. The molecule has 0 saturated heterocycles. The van der Waals surface area contributed by atoms with E-state index in [2.05, 4.69) is 16.6 Å². The van der Waals surface area contributed by atoms with Crippen molar-refractivity contribution < 1.29 is 35.9 Å². The highest BCUT2D eigenvalue weighted by molar-refractivity contribution is 5.75. The first kappa shape index (κ1) is 17.2. The summed E-state index contributed by atoms with van der Waals surface area (Å²) in [6.45, 7) is 0.